The van der Waals surface area contributed by atoms with Crippen LogP contribution in [0.3, 0.4) is 0 Å². The number of nitrogens with one attached hydrogen (secondary N) is 1. The number of carbonyl (C=O) groups is 1. The van der Waals surface area contributed by atoms with Crippen molar-refractivity contribution in [3.8, 4) is 22.9 Å². The van der Waals surface area contributed by atoms with Crippen LogP contribution in [0.2, 0.25) is 0 Å². The van der Waals surface area contributed by atoms with E-state index >= 15 is 0 Å². The summed E-state index contributed by atoms with van der Waals surface area (Å²) in [5.74, 6) is 1.32. The molecule has 0 spiro atoms. The van der Waals surface area contributed by atoms with Crippen LogP contribution >= 0.6 is 0 Å². The molecule has 4 aromatic rings. The van der Waals surface area contributed by atoms with E-state index in [0.29, 0.717) is 35.2 Å². The van der Waals surface area contributed by atoms with Gasteiger partial charge in [-0.15, -0.1) is 0 Å². The third-order valence-electron chi connectivity index (χ3n) is 9.62. The maximum Gasteiger partial charge on any atom is 0.264 e. The van der Waals surface area contributed by atoms with Crippen molar-refractivity contribution in [3.05, 3.63) is 82.9 Å². The highest BCUT2D eigenvalue weighted by Crippen LogP contribution is 2.38. The first kappa shape index (κ1) is 37.2. The lowest BCUT2D eigenvalue weighted by molar-refractivity contribution is 0.0504. The molecule has 1 aliphatic carbocycles. The second-order valence-electron chi connectivity index (χ2n) is 15.6. The van der Waals surface area contributed by atoms with Crippen LogP contribution in [0.25, 0.3) is 11.3 Å². The number of benzene rings is 2. The maximum absolute atomic E-state index is 14.5. The highest BCUT2D eigenvalue weighted by atomic mass is 32.2. The quantitative estimate of drug-likeness (QED) is 0.194. The van der Waals surface area contributed by atoms with Gasteiger partial charge in [0.25, 0.3) is 15.9 Å². The molecule has 1 fully saturated rings. The largest absolute Gasteiger partial charge is 0.488 e. The standard InChI is InChI=1S/C40H50N6O5S/c1-25(2)51-32-21-41-34(42-22-32)23-46-31(20-40(5,6)7)24-50-37-27(4)36(35-26(3)12-10-15-29(35)18-28-13-8-9-14-28)43-39(44-37)45-52(48,49)33-17-11-16-30(19-33)38(46)47/h10-12,15-17,19,21-22,25,28,31H,8-9,13-14,18,20,23-24H2,1-7H3,(H,43,44,45)/t31-/m1/s1. The number of amides is 1. The van der Waals surface area contributed by atoms with E-state index in [1.165, 1.54) is 43.4 Å². The van der Waals surface area contributed by atoms with Crippen LogP contribution in [-0.4, -0.2) is 57.9 Å². The Bertz CT molecular complexity index is 2020. The highest BCUT2D eigenvalue weighted by Gasteiger charge is 2.33. The molecular formula is C40H50N6O5S. The lowest BCUT2D eigenvalue weighted by Crippen LogP contribution is -2.45. The summed E-state index contributed by atoms with van der Waals surface area (Å²) >= 11 is 0. The van der Waals surface area contributed by atoms with Crippen molar-refractivity contribution >= 4 is 21.9 Å². The zero-order chi connectivity index (χ0) is 37.2. The molecule has 52 heavy (non-hydrogen) atoms. The fourth-order valence-corrected chi connectivity index (χ4v) is 8.24. The number of aryl methyl sites for hydroxylation is 1. The van der Waals surface area contributed by atoms with Gasteiger partial charge in [-0.1, -0.05) is 70.7 Å². The van der Waals surface area contributed by atoms with E-state index in [1.807, 2.05) is 20.8 Å². The van der Waals surface area contributed by atoms with Crippen molar-refractivity contribution in [3.63, 3.8) is 0 Å². The van der Waals surface area contributed by atoms with Gasteiger partial charge in [-0.2, -0.15) is 4.98 Å². The summed E-state index contributed by atoms with van der Waals surface area (Å²) in [4.78, 5) is 34.6. The first-order chi connectivity index (χ1) is 24.7. The van der Waals surface area contributed by atoms with E-state index < -0.39 is 16.1 Å². The second-order valence-corrected chi connectivity index (χ2v) is 17.3. The number of hydrogen-bond acceptors (Lipinski definition) is 9. The molecule has 11 nitrogen and oxygen atoms in total. The van der Waals surface area contributed by atoms with Crippen LogP contribution < -0.4 is 14.2 Å². The fraction of sp³-hybridized carbons (Fsp3) is 0.475. The number of fused-ring (bicyclic) bond motifs is 4. The molecule has 1 aliphatic heterocycles. The lowest BCUT2D eigenvalue weighted by Gasteiger charge is -2.35. The van der Waals surface area contributed by atoms with E-state index in [1.54, 1.807) is 29.4 Å². The molecule has 0 radical (unpaired) electrons. The number of nitrogens with zero attached hydrogens (tertiary/aromatic N) is 5. The summed E-state index contributed by atoms with van der Waals surface area (Å²) in [5.41, 5.74) is 4.49. The van der Waals surface area contributed by atoms with Gasteiger partial charge in [0.1, 0.15) is 12.4 Å². The van der Waals surface area contributed by atoms with Crippen LogP contribution in [0, 0.1) is 25.2 Å². The molecule has 6 rings (SSSR count). The maximum atomic E-state index is 14.5. The molecule has 1 saturated carbocycles. The van der Waals surface area contributed by atoms with Gasteiger partial charge in [-0.25, -0.2) is 28.1 Å². The van der Waals surface area contributed by atoms with Crippen LogP contribution in [0.15, 0.2) is 59.8 Å². The van der Waals surface area contributed by atoms with Gasteiger partial charge >= 0.3 is 0 Å². The van der Waals surface area contributed by atoms with Crippen molar-refractivity contribution in [1.82, 2.24) is 24.8 Å². The van der Waals surface area contributed by atoms with Crippen molar-refractivity contribution in [2.75, 3.05) is 11.3 Å². The third kappa shape index (κ3) is 8.71. The summed E-state index contributed by atoms with van der Waals surface area (Å²) in [6.07, 6.45) is 9.50. The first-order valence-corrected chi connectivity index (χ1v) is 19.7. The fourth-order valence-electron chi connectivity index (χ4n) is 7.25. The van der Waals surface area contributed by atoms with Gasteiger partial charge in [0.2, 0.25) is 11.8 Å². The third-order valence-corrected chi connectivity index (χ3v) is 11.0. The summed E-state index contributed by atoms with van der Waals surface area (Å²) in [5, 5.41) is 0. The highest BCUT2D eigenvalue weighted by molar-refractivity contribution is 7.92. The molecule has 2 aromatic heterocycles. The molecule has 0 saturated heterocycles. The van der Waals surface area contributed by atoms with Crippen molar-refractivity contribution in [2.45, 2.75) is 111 Å². The van der Waals surface area contributed by atoms with Crippen molar-refractivity contribution in [1.29, 1.82) is 0 Å². The Balaban J connectivity index is 1.48. The SMILES string of the molecule is Cc1cccc(CC2CCCC2)c1-c1nc2nc(c1C)OC[C@@H](CC(C)(C)C)N(Cc1ncc(OC(C)C)cn1)C(=O)c1cccc(c1)S(=O)(=O)N2. The Morgan fingerprint density at radius 1 is 1.02 bits per heavy atom. The number of ether oxygens (including phenoxy) is 2. The predicted octanol–water partition coefficient (Wildman–Crippen LogP) is 7.71. The monoisotopic (exact) mass is 726 g/mol. The molecule has 1 N–H and O–H groups in total. The van der Waals surface area contributed by atoms with E-state index in [-0.39, 0.29) is 52.9 Å². The molecule has 12 heteroatoms. The predicted molar refractivity (Wildman–Crippen MR) is 201 cm³/mol. The number of carbonyl (C=O) groups excluding carboxylic acids is 1. The van der Waals surface area contributed by atoms with Gasteiger partial charge in [-0.3, -0.25) is 4.79 Å². The smallest absolute Gasteiger partial charge is 0.264 e. The Morgan fingerprint density at radius 3 is 2.42 bits per heavy atom. The number of hydrogen-bond donors (Lipinski definition) is 1. The molecule has 2 aromatic carbocycles. The first-order valence-electron chi connectivity index (χ1n) is 18.2. The Hall–Kier alpha value is -4.58. The lowest BCUT2D eigenvalue weighted by atomic mass is 9.87. The Kier molecular flexibility index (Phi) is 10.9. The molecule has 1 atom stereocenters. The van der Waals surface area contributed by atoms with E-state index in [4.69, 9.17) is 14.5 Å². The van der Waals surface area contributed by atoms with Crippen LogP contribution in [0.1, 0.15) is 99.6 Å². The molecule has 276 valence electrons. The molecule has 3 heterocycles. The number of aromatic nitrogens is 4. The van der Waals surface area contributed by atoms with E-state index in [0.717, 1.165) is 17.5 Å². The van der Waals surface area contributed by atoms with Gasteiger partial charge in [0.15, 0.2) is 5.75 Å². The second kappa shape index (κ2) is 15.2. The van der Waals surface area contributed by atoms with Crippen LogP contribution in [0.5, 0.6) is 11.6 Å². The molecule has 1 amide bonds. The number of sulfonamides is 1. The topological polar surface area (TPSA) is 136 Å². The summed E-state index contributed by atoms with van der Waals surface area (Å²) in [6.45, 7) is 14.3. The van der Waals surface area contributed by atoms with Crippen LogP contribution in [-0.2, 0) is 23.0 Å². The average Bonchev–Trinajstić information content (AvgIpc) is 3.59. The van der Waals surface area contributed by atoms with E-state index in [2.05, 4.69) is 65.6 Å². The average molecular weight is 727 g/mol. The van der Waals surface area contributed by atoms with Crippen molar-refractivity contribution in [2.24, 2.45) is 11.3 Å². The summed E-state index contributed by atoms with van der Waals surface area (Å²) < 4.78 is 42.8. The summed E-state index contributed by atoms with van der Waals surface area (Å²) in [6, 6.07) is 11.8. The molecule has 2 aliphatic rings. The minimum absolute atomic E-state index is 0.0440. The summed E-state index contributed by atoms with van der Waals surface area (Å²) in [7, 11) is -4.21. The normalized spacial score (nSPS) is 17.9. The van der Waals surface area contributed by atoms with Crippen molar-refractivity contribution < 1.29 is 22.7 Å². The zero-order valence-corrected chi connectivity index (χ0v) is 32.1. The van der Waals surface area contributed by atoms with Gasteiger partial charge in [0, 0.05) is 16.7 Å². The minimum atomic E-state index is -4.21. The molecule has 4 bridgehead atoms. The van der Waals surface area contributed by atoms with E-state index in [9.17, 15) is 13.2 Å². The zero-order valence-electron chi connectivity index (χ0n) is 31.3. The number of anilines is 1. The Labute approximate surface area is 307 Å². The Morgan fingerprint density at radius 2 is 1.73 bits per heavy atom. The molecular weight excluding hydrogens is 677 g/mol. The van der Waals surface area contributed by atoms with Gasteiger partial charge < -0.3 is 14.4 Å². The minimum Gasteiger partial charge on any atom is -0.488 e. The van der Waals surface area contributed by atoms with Crippen LogP contribution in [0.4, 0.5) is 5.95 Å². The van der Waals surface area contributed by atoms with Gasteiger partial charge in [-0.05, 0) is 81.2 Å². The van der Waals surface area contributed by atoms with Gasteiger partial charge in [0.05, 0.1) is 41.7 Å². The molecule has 0 unspecified atom stereocenters. The number of rotatable bonds is 8.